The molecule has 0 atom stereocenters. The maximum atomic E-state index is 10.9. The molecule has 3 saturated carbocycles. The molecule has 0 amide bonds. The van der Waals surface area contributed by atoms with Crippen LogP contribution in [0.3, 0.4) is 0 Å². The van der Waals surface area contributed by atoms with Gasteiger partial charge in [0.2, 0.25) is 0 Å². The lowest BCUT2D eigenvalue weighted by Crippen LogP contribution is -2.60. The van der Waals surface area contributed by atoms with Crippen molar-refractivity contribution >= 4 is 11.9 Å². The van der Waals surface area contributed by atoms with E-state index >= 15 is 0 Å². The van der Waals surface area contributed by atoms with E-state index in [2.05, 4.69) is 23.7 Å². The predicted octanol–water partition coefficient (Wildman–Crippen LogP) is 3.66. The van der Waals surface area contributed by atoms with Crippen LogP contribution in [0.4, 0.5) is 0 Å². The molecule has 2 aromatic rings. The van der Waals surface area contributed by atoms with E-state index in [9.17, 15) is 9.59 Å². The van der Waals surface area contributed by atoms with Gasteiger partial charge in [-0.05, 0) is 67.8 Å². The normalized spacial score (nSPS) is 24.1. The van der Waals surface area contributed by atoms with Crippen LogP contribution in [0.5, 0.6) is 0 Å². The number of carboxylic acids is 2. The maximum Gasteiger partial charge on any atom is 0.335 e. The smallest absolute Gasteiger partial charge is 0.335 e. The molecule has 3 fully saturated rings. The molecule has 0 aliphatic heterocycles. The third-order valence-corrected chi connectivity index (χ3v) is 5.24. The number of hydrogen-bond donors (Lipinski definition) is 2. The molecule has 4 nitrogen and oxygen atoms in total. The molecule has 2 bridgehead atoms. The summed E-state index contributed by atoms with van der Waals surface area (Å²) < 4.78 is 0. The molecule has 0 heterocycles. The molecule has 2 N–H and O–H groups in total. The van der Waals surface area contributed by atoms with Crippen molar-refractivity contribution in [2.75, 3.05) is 0 Å². The van der Waals surface area contributed by atoms with Crippen LogP contribution in [0.15, 0.2) is 48.5 Å². The van der Waals surface area contributed by atoms with E-state index in [-0.39, 0.29) is 22.0 Å². The van der Waals surface area contributed by atoms with Crippen LogP contribution in [-0.2, 0) is 0 Å². The summed E-state index contributed by atoms with van der Waals surface area (Å²) in [6.45, 7) is 0. The summed E-state index contributed by atoms with van der Waals surface area (Å²) in [5.74, 6) is 11.1. The minimum Gasteiger partial charge on any atom is -0.478 e. The van der Waals surface area contributed by atoms with E-state index in [1.165, 1.54) is 0 Å². The van der Waals surface area contributed by atoms with Gasteiger partial charge in [-0.15, -0.1) is 0 Å². The van der Waals surface area contributed by atoms with E-state index in [1.54, 1.807) is 48.5 Å². The molecule has 3 aliphatic rings. The summed E-state index contributed by atoms with van der Waals surface area (Å²) in [5.41, 5.74) is 2.26. The van der Waals surface area contributed by atoms with Gasteiger partial charge in [0.25, 0.3) is 0 Å². The van der Waals surface area contributed by atoms with Gasteiger partial charge in [0, 0.05) is 22.0 Å². The zero-order chi connectivity index (χ0) is 19.1. The van der Waals surface area contributed by atoms with Crippen molar-refractivity contribution in [3.05, 3.63) is 70.8 Å². The van der Waals surface area contributed by atoms with Crippen molar-refractivity contribution in [3.8, 4) is 23.7 Å². The summed E-state index contributed by atoms with van der Waals surface area (Å²) in [5, 5.41) is 17.8. The van der Waals surface area contributed by atoms with Crippen LogP contribution in [0.25, 0.3) is 0 Å². The molecular weight excluding hydrogens is 340 g/mol. The van der Waals surface area contributed by atoms with Crippen molar-refractivity contribution in [2.45, 2.75) is 19.3 Å². The first-order valence-electron chi connectivity index (χ1n) is 8.62. The summed E-state index contributed by atoms with van der Waals surface area (Å²) in [6.07, 6.45) is 2.88. The Balaban J connectivity index is 1.38. The highest BCUT2D eigenvalue weighted by Crippen LogP contribution is 2.72. The second-order valence-electron chi connectivity index (χ2n) is 7.36. The Hall–Kier alpha value is -3.50. The molecule has 0 aromatic heterocycles. The molecule has 0 radical (unpaired) electrons. The Morgan fingerprint density at radius 1 is 0.667 bits per heavy atom. The average Bonchev–Trinajstić information content (AvgIpc) is 2.60. The monoisotopic (exact) mass is 356 g/mol. The zero-order valence-corrected chi connectivity index (χ0v) is 14.5. The molecular formula is C23H16O4. The van der Waals surface area contributed by atoms with Crippen LogP contribution >= 0.6 is 0 Å². The first kappa shape index (κ1) is 16.9. The summed E-state index contributed by atoms with van der Waals surface area (Å²) >= 11 is 0. The molecule has 0 spiro atoms. The van der Waals surface area contributed by atoms with Gasteiger partial charge < -0.3 is 10.2 Å². The average molecular weight is 356 g/mol. The van der Waals surface area contributed by atoms with E-state index < -0.39 is 11.9 Å². The third kappa shape index (κ3) is 3.18. The minimum absolute atomic E-state index is 0.0489. The first-order valence-corrected chi connectivity index (χ1v) is 8.62. The number of rotatable bonds is 2. The number of aromatic carboxylic acids is 2. The topological polar surface area (TPSA) is 74.6 Å². The van der Waals surface area contributed by atoms with Gasteiger partial charge in [0.15, 0.2) is 0 Å². The fraction of sp³-hybridized carbons (Fsp3) is 0.217. The Labute approximate surface area is 156 Å². The van der Waals surface area contributed by atoms with Crippen molar-refractivity contribution < 1.29 is 19.8 Å². The quantitative estimate of drug-likeness (QED) is 0.806. The van der Waals surface area contributed by atoms with E-state index in [1.807, 2.05) is 0 Å². The van der Waals surface area contributed by atoms with Gasteiger partial charge >= 0.3 is 11.9 Å². The second kappa shape index (κ2) is 6.04. The predicted molar refractivity (Wildman–Crippen MR) is 99.3 cm³/mol. The summed E-state index contributed by atoms with van der Waals surface area (Å²) in [4.78, 5) is 21.7. The standard InChI is InChI=1S/C23H16O4/c24-20(25)18-5-1-16(2-6-18)9-11-22-13-23(14-22,15-22)12-10-17-3-7-19(8-4-17)21(26)27/h1-8H,13-15H2,(H,24,25)(H,26,27). The van der Waals surface area contributed by atoms with Crippen LogP contribution in [-0.4, -0.2) is 22.2 Å². The summed E-state index contributed by atoms with van der Waals surface area (Å²) in [7, 11) is 0. The van der Waals surface area contributed by atoms with Crippen LogP contribution in [0.2, 0.25) is 0 Å². The number of carbonyl (C=O) groups is 2. The van der Waals surface area contributed by atoms with E-state index in [0.717, 1.165) is 30.4 Å². The van der Waals surface area contributed by atoms with Gasteiger partial charge in [-0.2, -0.15) is 0 Å². The molecule has 0 saturated heterocycles. The highest BCUT2D eigenvalue weighted by molar-refractivity contribution is 5.88. The fourth-order valence-electron chi connectivity index (χ4n) is 3.85. The van der Waals surface area contributed by atoms with Crippen LogP contribution in [0.1, 0.15) is 51.1 Å². The zero-order valence-electron chi connectivity index (χ0n) is 14.5. The van der Waals surface area contributed by atoms with Crippen LogP contribution < -0.4 is 0 Å². The van der Waals surface area contributed by atoms with E-state index in [0.29, 0.717) is 0 Å². The molecule has 132 valence electrons. The molecule has 4 heteroatoms. The Kier molecular flexibility index (Phi) is 3.79. The first-order chi connectivity index (χ1) is 12.9. The van der Waals surface area contributed by atoms with Gasteiger partial charge in [0.05, 0.1) is 11.1 Å². The molecule has 3 aliphatic carbocycles. The van der Waals surface area contributed by atoms with Crippen molar-refractivity contribution in [1.29, 1.82) is 0 Å². The fourth-order valence-corrected chi connectivity index (χ4v) is 3.85. The van der Waals surface area contributed by atoms with Gasteiger partial charge in [-0.1, -0.05) is 23.7 Å². The lowest BCUT2D eigenvalue weighted by atomic mass is 9.36. The lowest BCUT2D eigenvalue weighted by Gasteiger charge is -2.65. The third-order valence-electron chi connectivity index (χ3n) is 5.24. The molecule has 2 aromatic carbocycles. The van der Waals surface area contributed by atoms with Gasteiger partial charge in [-0.25, -0.2) is 9.59 Å². The Morgan fingerprint density at radius 3 is 1.30 bits per heavy atom. The highest BCUT2D eigenvalue weighted by Gasteiger charge is 2.66. The second-order valence-corrected chi connectivity index (χ2v) is 7.36. The van der Waals surface area contributed by atoms with Crippen molar-refractivity contribution in [3.63, 3.8) is 0 Å². The van der Waals surface area contributed by atoms with Crippen molar-refractivity contribution in [1.82, 2.24) is 0 Å². The van der Waals surface area contributed by atoms with Gasteiger partial charge in [-0.3, -0.25) is 0 Å². The molecule has 0 unspecified atom stereocenters. The van der Waals surface area contributed by atoms with Gasteiger partial charge in [0.1, 0.15) is 0 Å². The Bertz CT molecular complexity index is 949. The Morgan fingerprint density at radius 2 is 1.00 bits per heavy atom. The van der Waals surface area contributed by atoms with Crippen LogP contribution in [0, 0.1) is 34.5 Å². The van der Waals surface area contributed by atoms with Crippen molar-refractivity contribution in [2.24, 2.45) is 10.8 Å². The number of benzene rings is 2. The minimum atomic E-state index is -0.938. The number of carboxylic acid groups (broad SMARTS) is 2. The SMILES string of the molecule is O=C(O)c1ccc(C#CC23CC(C#Cc4ccc(C(=O)O)cc4)(C2)C3)cc1. The number of hydrogen-bond acceptors (Lipinski definition) is 2. The largest absolute Gasteiger partial charge is 0.478 e. The lowest BCUT2D eigenvalue weighted by molar-refractivity contribution is -0.113. The molecule has 27 heavy (non-hydrogen) atoms. The molecule has 5 rings (SSSR count). The highest BCUT2D eigenvalue weighted by atomic mass is 16.4. The maximum absolute atomic E-state index is 10.9. The van der Waals surface area contributed by atoms with E-state index in [4.69, 9.17) is 10.2 Å². The summed E-state index contributed by atoms with van der Waals surface area (Å²) in [6, 6.07) is 13.2.